The number of amides is 2. The number of carboxylic acids is 1. The summed E-state index contributed by atoms with van der Waals surface area (Å²) < 4.78 is 5.10. The summed E-state index contributed by atoms with van der Waals surface area (Å²) in [6, 6.07) is -0.613. The fraction of sp³-hybridized carbons (Fsp3) is 0.765. The SMILES string of the molecule is CN(CCC(=O)NCCC(=O)O)C(=O)[C@@H]1CCCN1OC(=O)OC(C)(C)C. The molecule has 0 aliphatic carbocycles. The van der Waals surface area contributed by atoms with E-state index in [0.717, 1.165) is 0 Å². The lowest BCUT2D eigenvalue weighted by Gasteiger charge is -2.27. The van der Waals surface area contributed by atoms with Crippen molar-refractivity contribution < 1.29 is 33.9 Å². The van der Waals surface area contributed by atoms with Gasteiger partial charge in [-0.25, -0.2) is 4.79 Å². The zero-order valence-electron chi connectivity index (χ0n) is 16.3. The lowest BCUT2D eigenvalue weighted by molar-refractivity contribution is -0.168. The summed E-state index contributed by atoms with van der Waals surface area (Å²) in [5.74, 6) is -1.58. The fourth-order valence-corrected chi connectivity index (χ4v) is 2.49. The second kappa shape index (κ2) is 10.1. The van der Waals surface area contributed by atoms with Crippen LogP contribution in [0, 0.1) is 0 Å². The largest absolute Gasteiger partial charge is 0.528 e. The summed E-state index contributed by atoms with van der Waals surface area (Å²) in [5, 5.41) is 12.3. The molecule has 0 radical (unpaired) electrons. The maximum atomic E-state index is 12.6. The second-order valence-corrected chi connectivity index (χ2v) is 7.36. The topological polar surface area (TPSA) is 125 Å². The van der Waals surface area contributed by atoms with E-state index in [0.29, 0.717) is 19.4 Å². The van der Waals surface area contributed by atoms with Crippen LogP contribution in [-0.4, -0.2) is 77.3 Å². The number of hydroxylamine groups is 2. The van der Waals surface area contributed by atoms with E-state index in [2.05, 4.69) is 5.32 Å². The maximum absolute atomic E-state index is 12.6. The van der Waals surface area contributed by atoms with Gasteiger partial charge in [-0.2, -0.15) is 0 Å². The van der Waals surface area contributed by atoms with Crippen LogP contribution in [0.15, 0.2) is 0 Å². The zero-order chi connectivity index (χ0) is 20.6. The van der Waals surface area contributed by atoms with Crippen LogP contribution in [0.5, 0.6) is 0 Å². The van der Waals surface area contributed by atoms with Crippen LogP contribution in [-0.2, 0) is 24.0 Å². The Morgan fingerprint density at radius 1 is 1.22 bits per heavy atom. The minimum absolute atomic E-state index is 0.0476. The standard InChI is InChI=1S/C17H29N3O7/c1-17(2,3)26-16(25)27-20-10-5-6-12(20)15(24)19(4)11-8-13(21)18-9-7-14(22)23/h12H,5-11H2,1-4H3,(H,18,21)(H,22,23)/t12-/m0/s1. The van der Waals surface area contributed by atoms with Crippen LogP contribution in [0.1, 0.15) is 46.5 Å². The lowest BCUT2D eigenvalue weighted by Crippen LogP contribution is -2.46. The molecule has 2 N–H and O–H groups in total. The Bertz CT molecular complexity index is 559. The summed E-state index contributed by atoms with van der Waals surface area (Å²) in [4.78, 5) is 53.0. The van der Waals surface area contributed by atoms with Gasteiger partial charge in [0.05, 0.1) is 6.42 Å². The summed E-state index contributed by atoms with van der Waals surface area (Å²) in [6.07, 6.45) is 0.281. The molecule has 0 unspecified atom stereocenters. The Balaban J connectivity index is 2.45. The number of nitrogens with zero attached hydrogens (tertiary/aromatic N) is 2. The zero-order valence-corrected chi connectivity index (χ0v) is 16.3. The van der Waals surface area contributed by atoms with Gasteiger partial charge in [-0.3, -0.25) is 14.4 Å². The van der Waals surface area contributed by atoms with Gasteiger partial charge in [-0.15, -0.1) is 5.06 Å². The first-order valence-corrected chi connectivity index (χ1v) is 8.90. The van der Waals surface area contributed by atoms with E-state index in [1.807, 2.05) is 0 Å². The first kappa shape index (κ1) is 22.7. The Hall–Kier alpha value is -2.36. The van der Waals surface area contributed by atoms with Crippen LogP contribution in [0.2, 0.25) is 0 Å². The number of rotatable bonds is 8. The highest BCUT2D eigenvalue weighted by molar-refractivity contribution is 5.83. The number of nitrogens with one attached hydrogen (secondary N) is 1. The maximum Gasteiger partial charge on any atom is 0.528 e. The van der Waals surface area contributed by atoms with Crippen molar-refractivity contribution in [2.24, 2.45) is 0 Å². The van der Waals surface area contributed by atoms with E-state index in [9.17, 15) is 19.2 Å². The van der Waals surface area contributed by atoms with Crippen molar-refractivity contribution in [1.29, 1.82) is 0 Å². The molecule has 10 heteroatoms. The molecule has 1 heterocycles. The number of carboxylic acid groups (broad SMARTS) is 1. The van der Waals surface area contributed by atoms with E-state index in [-0.39, 0.29) is 37.7 Å². The van der Waals surface area contributed by atoms with E-state index in [1.165, 1.54) is 9.96 Å². The molecule has 1 aliphatic heterocycles. The van der Waals surface area contributed by atoms with Crippen LogP contribution < -0.4 is 5.32 Å². The smallest absolute Gasteiger partial charge is 0.481 e. The number of carbonyl (C=O) groups is 4. The van der Waals surface area contributed by atoms with Gasteiger partial charge in [0.1, 0.15) is 11.6 Å². The Kier molecular flexibility index (Phi) is 8.48. The quantitative estimate of drug-likeness (QED) is 0.585. The minimum Gasteiger partial charge on any atom is -0.481 e. The third-order valence-corrected chi connectivity index (χ3v) is 3.78. The van der Waals surface area contributed by atoms with Gasteiger partial charge in [0.2, 0.25) is 11.8 Å². The average Bonchev–Trinajstić information content (AvgIpc) is 2.97. The molecule has 27 heavy (non-hydrogen) atoms. The molecule has 2 amide bonds. The summed E-state index contributed by atoms with van der Waals surface area (Å²) in [6.45, 7) is 5.81. The van der Waals surface area contributed by atoms with Crippen LogP contribution in [0.3, 0.4) is 0 Å². The van der Waals surface area contributed by atoms with Gasteiger partial charge in [-0.05, 0) is 33.6 Å². The molecular formula is C17H29N3O7. The molecule has 154 valence electrons. The van der Waals surface area contributed by atoms with Gasteiger partial charge in [0.25, 0.3) is 0 Å². The molecule has 1 rings (SSSR count). The number of carbonyl (C=O) groups excluding carboxylic acids is 3. The number of hydrogen-bond acceptors (Lipinski definition) is 7. The van der Waals surface area contributed by atoms with E-state index < -0.39 is 23.8 Å². The van der Waals surface area contributed by atoms with Gasteiger partial charge in [-0.1, -0.05) is 0 Å². The van der Waals surface area contributed by atoms with Crippen molar-refractivity contribution >= 4 is 23.9 Å². The summed E-state index contributed by atoms with van der Waals surface area (Å²) in [5.41, 5.74) is -0.693. The van der Waals surface area contributed by atoms with Crippen LogP contribution >= 0.6 is 0 Å². The van der Waals surface area contributed by atoms with Gasteiger partial charge < -0.3 is 24.9 Å². The third-order valence-electron chi connectivity index (χ3n) is 3.78. The van der Waals surface area contributed by atoms with E-state index >= 15 is 0 Å². The minimum atomic E-state index is -0.992. The monoisotopic (exact) mass is 387 g/mol. The average molecular weight is 387 g/mol. The molecule has 0 aromatic rings. The van der Waals surface area contributed by atoms with Crippen LogP contribution in [0.25, 0.3) is 0 Å². The van der Waals surface area contributed by atoms with Gasteiger partial charge in [0.15, 0.2) is 0 Å². The molecule has 0 aromatic heterocycles. The van der Waals surface area contributed by atoms with Crippen molar-refractivity contribution in [3.63, 3.8) is 0 Å². The number of likely N-dealkylation sites (N-methyl/N-ethyl adjacent to an activating group) is 1. The molecular weight excluding hydrogens is 358 g/mol. The molecule has 1 atom stereocenters. The Labute approximate surface area is 158 Å². The van der Waals surface area contributed by atoms with Crippen molar-refractivity contribution in [3.8, 4) is 0 Å². The molecule has 0 spiro atoms. The molecule has 0 bridgehead atoms. The highest BCUT2D eigenvalue weighted by Crippen LogP contribution is 2.21. The van der Waals surface area contributed by atoms with E-state index in [1.54, 1.807) is 27.8 Å². The van der Waals surface area contributed by atoms with Crippen molar-refractivity contribution in [1.82, 2.24) is 15.3 Å². The van der Waals surface area contributed by atoms with Gasteiger partial charge in [0, 0.05) is 33.1 Å². The number of ether oxygens (including phenoxy) is 1. The Morgan fingerprint density at radius 2 is 1.89 bits per heavy atom. The van der Waals surface area contributed by atoms with E-state index in [4.69, 9.17) is 14.7 Å². The van der Waals surface area contributed by atoms with Crippen molar-refractivity contribution in [2.45, 2.75) is 58.1 Å². The van der Waals surface area contributed by atoms with Crippen molar-refractivity contribution in [2.75, 3.05) is 26.7 Å². The molecule has 10 nitrogen and oxygen atoms in total. The highest BCUT2D eigenvalue weighted by Gasteiger charge is 2.36. The highest BCUT2D eigenvalue weighted by atomic mass is 16.8. The molecule has 1 saturated heterocycles. The fourth-order valence-electron chi connectivity index (χ4n) is 2.49. The predicted octanol–water partition coefficient (Wildman–Crippen LogP) is 0.757. The lowest BCUT2D eigenvalue weighted by atomic mass is 10.2. The first-order chi connectivity index (χ1) is 12.5. The second-order valence-electron chi connectivity index (χ2n) is 7.36. The molecule has 0 aromatic carbocycles. The number of aliphatic carboxylic acids is 1. The molecule has 0 saturated carbocycles. The summed E-state index contributed by atoms with van der Waals surface area (Å²) in [7, 11) is 1.57. The molecule has 1 aliphatic rings. The summed E-state index contributed by atoms with van der Waals surface area (Å²) >= 11 is 0. The van der Waals surface area contributed by atoms with Crippen molar-refractivity contribution in [3.05, 3.63) is 0 Å². The third kappa shape index (κ3) is 8.72. The van der Waals surface area contributed by atoms with Crippen LogP contribution in [0.4, 0.5) is 4.79 Å². The first-order valence-electron chi connectivity index (χ1n) is 8.90. The number of hydrogen-bond donors (Lipinski definition) is 2. The normalized spacial score (nSPS) is 17.3. The predicted molar refractivity (Wildman–Crippen MR) is 94.6 cm³/mol. The Morgan fingerprint density at radius 3 is 2.48 bits per heavy atom. The molecule has 1 fully saturated rings. The van der Waals surface area contributed by atoms with Gasteiger partial charge >= 0.3 is 12.1 Å².